The number of halogens is 1. The van der Waals surface area contributed by atoms with E-state index in [1.54, 1.807) is 16.8 Å². The minimum absolute atomic E-state index is 0.102. The highest BCUT2D eigenvalue weighted by Gasteiger charge is 2.24. The van der Waals surface area contributed by atoms with Gasteiger partial charge in [-0.15, -0.1) is 0 Å². The molecule has 0 saturated heterocycles. The zero-order valence-electron chi connectivity index (χ0n) is 14.4. The van der Waals surface area contributed by atoms with Crippen molar-refractivity contribution in [2.45, 2.75) is 32.5 Å². The maximum atomic E-state index is 14.0. The Morgan fingerprint density at radius 2 is 2.12 bits per heavy atom. The van der Waals surface area contributed by atoms with E-state index in [4.69, 9.17) is 0 Å². The van der Waals surface area contributed by atoms with Crippen LogP contribution in [0.25, 0.3) is 10.9 Å². The summed E-state index contributed by atoms with van der Waals surface area (Å²) in [6.45, 7) is 2.21. The molecule has 2 unspecified atom stereocenters. The summed E-state index contributed by atoms with van der Waals surface area (Å²) in [5.41, 5.74) is 1.96. The number of benzene rings is 1. The van der Waals surface area contributed by atoms with Crippen molar-refractivity contribution in [2.24, 2.45) is 5.92 Å². The molecule has 0 fully saturated rings. The van der Waals surface area contributed by atoms with Gasteiger partial charge in [0.1, 0.15) is 17.7 Å². The van der Waals surface area contributed by atoms with Gasteiger partial charge in [0.2, 0.25) is 0 Å². The summed E-state index contributed by atoms with van der Waals surface area (Å²) in [6, 6.07) is 10.9. The Morgan fingerprint density at radius 3 is 2.92 bits per heavy atom. The van der Waals surface area contributed by atoms with Crippen LogP contribution in [0.4, 0.5) is 4.39 Å². The van der Waals surface area contributed by atoms with Crippen LogP contribution in [-0.4, -0.2) is 20.7 Å². The molecule has 4 rings (SSSR count). The third kappa shape index (κ3) is 3.11. The lowest BCUT2D eigenvalue weighted by atomic mass is 10.0. The zero-order chi connectivity index (χ0) is 18.1. The topological polar surface area (TPSA) is 47.8 Å². The third-order valence-electron chi connectivity index (χ3n) is 4.77. The van der Waals surface area contributed by atoms with Crippen molar-refractivity contribution in [1.29, 1.82) is 0 Å². The summed E-state index contributed by atoms with van der Waals surface area (Å²) >= 11 is 0. The van der Waals surface area contributed by atoms with E-state index in [0.717, 1.165) is 5.56 Å². The second-order valence-corrected chi connectivity index (χ2v) is 6.67. The van der Waals surface area contributed by atoms with Crippen LogP contribution in [0.15, 0.2) is 47.4 Å². The van der Waals surface area contributed by atoms with Crippen LogP contribution < -0.4 is 5.56 Å². The quantitative estimate of drug-likeness (QED) is 0.587. The van der Waals surface area contributed by atoms with Gasteiger partial charge < -0.3 is 0 Å². The van der Waals surface area contributed by atoms with E-state index in [1.807, 2.05) is 37.3 Å². The molecular formula is C21H18FN3O. The number of nitrogens with zero attached hydrogens (tertiary/aromatic N) is 3. The Balaban J connectivity index is 1.77. The first-order chi connectivity index (χ1) is 12.6. The van der Waals surface area contributed by atoms with E-state index in [9.17, 15) is 9.18 Å². The Hall–Kier alpha value is -3.00. The predicted molar refractivity (Wildman–Crippen MR) is 98.6 cm³/mol. The number of hydrogen-bond donors (Lipinski definition) is 0. The van der Waals surface area contributed by atoms with Crippen LogP contribution in [0.5, 0.6) is 0 Å². The van der Waals surface area contributed by atoms with Crippen LogP contribution >= 0.6 is 0 Å². The highest BCUT2D eigenvalue weighted by molar-refractivity contribution is 5.79. The first kappa shape index (κ1) is 16.5. The van der Waals surface area contributed by atoms with E-state index >= 15 is 0 Å². The lowest BCUT2D eigenvalue weighted by molar-refractivity contribution is 0.220. The summed E-state index contributed by atoms with van der Waals surface area (Å²) < 4.78 is 15.7. The number of alkyl halides is 1. The van der Waals surface area contributed by atoms with E-state index in [2.05, 4.69) is 21.8 Å². The first-order valence-corrected chi connectivity index (χ1v) is 8.72. The molecule has 130 valence electrons. The standard InChI is InChI=1S/C21H18FN3O/c1-14-13-25-20(10-9-18(14)22)24-19-12-15(6-8-17(19)21(25)26)5-7-16-4-2-3-11-23-16/h2-4,6,8,11-12,14,18H,9-10,13H2,1H3. The van der Waals surface area contributed by atoms with Crippen molar-refractivity contribution < 1.29 is 4.39 Å². The summed E-state index contributed by atoms with van der Waals surface area (Å²) in [5.74, 6) is 6.53. The van der Waals surface area contributed by atoms with Gasteiger partial charge in [0.05, 0.1) is 10.9 Å². The summed E-state index contributed by atoms with van der Waals surface area (Å²) in [7, 11) is 0. The van der Waals surface area contributed by atoms with Crippen molar-refractivity contribution in [2.75, 3.05) is 0 Å². The number of aryl methyl sites for hydroxylation is 1. The van der Waals surface area contributed by atoms with Crippen molar-refractivity contribution in [1.82, 2.24) is 14.5 Å². The second-order valence-electron chi connectivity index (χ2n) is 6.67. The molecule has 26 heavy (non-hydrogen) atoms. The monoisotopic (exact) mass is 347 g/mol. The van der Waals surface area contributed by atoms with Crippen LogP contribution in [0, 0.1) is 17.8 Å². The molecule has 0 N–H and O–H groups in total. The maximum absolute atomic E-state index is 14.0. The van der Waals surface area contributed by atoms with Gasteiger partial charge in [0.25, 0.3) is 5.56 Å². The molecule has 0 amide bonds. The zero-order valence-corrected chi connectivity index (χ0v) is 14.4. The molecule has 2 aromatic heterocycles. The highest BCUT2D eigenvalue weighted by atomic mass is 19.1. The molecule has 4 nitrogen and oxygen atoms in total. The van der Waals surface area contributed by atoms with Crippen molar-refractivity contribution in [3.05, 3.63) is 70.0 Å². The molecule has 1 aliphatic heterocycles. The SMILES string of the molecule is CC1Cn2c(nc3cc(C#Cc4ccccn4)ccc3c2=O)CCC1F. The molecule has 5 heteroatoms. The number of fused-ring (bicyclic) bond motifs is 2. The number of hydrogen-bond acceptors (Lipinski definition) is 3. The number of aromatic nitrogens is 3. The molecule has 0 spiro atoms. The minimum atomic E-state index is -0.904. The van der Waals surface area contributed by atoms with Gasteiger partial charge in [-0.2, -0.15) is 0 Å². The Bertz CT molecular complexity index is 1080. The lowest BCUT2D eigenvalue weighted by Gasteiger charge is -2.14. The normalized spacial score (nSPS) is 19.3. The second kappa shape index (κ2) is 6.72. The predicted octanol–water partition coefficient (Wildman–Crippen LogP) is 3.11. The van der Waals surface area contributed by atoms with Gasteiger partial charge in [0.15, 0.2) is 0 Å². The molecule has 3 heterocycles. The third-order valence-corrected chi connectivity index (χ3v) is 4.77. The Labute approximate surface area is 150 Å². The molecule has 0 aliphatic carbocycles. The molecule has 1 aromatic carbocycles. The lowest BCUT2D eigenvalue weighted by Crippen LogP contribution is -2.27. The van der Waals surface area contributed by atoms with Gasteiger partial charge in [-0.05, 0) is 42.7 Å². The largest absolute Gasteiger partial charge is 0.296 e. The Morgan fingerprint density at radius 1 is 1.23 bits per heavy atom. The Kier molecular flexibility index (Phi) is 4.26. The fraction of sp³-hybridized carbons (Fsp3) is 0.286. The van der Waals surface area contributed by atoms with E-state index in [-0.39, 0.29) is 11.5 Å². The number of rotatable bonds is 0. The molecule has 3 aromatic rings. The van der Waals surface area contributed by atoms with Crippen molar-refractivity contribution >= 4 is 10.9 Å². The highest BCUT2D eigenvalue weighted by Crippen LogP contribution is 2.21. The first-order valence-electron chi connectivity index (χ1n) is 8.72. The van der Waals surface area contributed by atoms with Crippen LogP contribution in [0.1, 0.15) is 30.4 Å². The van der Waals surface area contributed by atoms with Gasteiger partial charge in [-0.1, -0.05) is 18.9 Å². The van der Waals surface area contributed by atoms with Crippen LogP contribution in [0.3, 0.4) is 0 Å². The molecular weight excluding hydrogens is 329 g/mol. The molecule has 0 bridgehead atoms. The summed E-state index contributed by atoms with van der Waals surface area (Å²) in [6.07, 6.45) is 1.67. The van der Waals surface area contributed by atoms with E-state index in [1.165, 1.54) is 0 Å². The van der Waals surface area contributed by atoms with Crippen LogP contribution in [0.2, 0.25) is 0 Å². The van der Waals surface area contributed by atoms with E-state index in [0.29, 0.717) is 41.8 Å². The summed E-state index contributed by atoms with van der Waals surface area (Å²) in [5, 5.41) is 0.543. The van der Waals surface area contributed by atoms with Gasteiger partial charge in [-0.25, -0.2) is 14.4 Å². The molecule has 1 aliphatic rings. The van der Waals surface area contributed by atoms with Crippen LogP contribution in [-0.2, 0) is 13.0 Å². The average molecular weight is 347 g/mol. The fourth-order valence-corrected chi connectivity index (χ4v) is 3.25. The maximum Gasteiger partial charge on any atom is 0.261 e. The van der Waals surface area contributed by atoms with Crippen molar-refractivity contribution in [3.8, 4) is 11.8 Å². The van der Waals surface area contributed by atoms with Gasteiger partial charge >= 0.3 is 0 Å². The minimum Gasteiger partial charge on any atom is -0.296 e. The van der Waals surface area contributed by atoms with Gasteiger partial charge in [-0.3, -0.25) is 9.36 Å². The fourth-order valence-electron chi connectivity index (χ4n) is 3.25. The number of pyridine rings is 1. The van der Waals surface area contributed by atoms with Gasteiger partial charge in [0, 0.05) is 30.6 Å². The molecule has 0 saturated carbocycles. The molecule has 0 radical (unpaired) electrons. The van der Waals surface area contributed by atoms with E-state index < -0.39 is 6.17 Å². The molecule has 2 atom stereocenters. The average Bonchev–Trinajstić information content (AvgIpc) is 2.80. The smallest absolute Gasteiger partial charge is 0.261 e. The van der Waals surface area contributed by atoms with Crippen molar-refractivity contribution in [3.63, 3.8) is 0 Å². The summed E-state index contributed by atoms with van der Waals surface area (Å²) in [4.78, 5) is 21.6.